The Balaban J connectivity index is 1.91. The molecule has 0 aliphatic heterocycles. The fourth-order valence-electron chi connectivity index (χ4n) is 2.64. The largest absolute Gasteiger partial charge is 0.333 e. The molecule has 0 unspecified atom stereocenters. The van der Waals surface area contributed by atoms with E-state index in [1.54, 1.807) is 12.4 Å². The van der Waals surface area contributed by atoms with Gasteiger partial charge in [0.15, 0.2) is 5.69 Å². The van der Waals surface area contributed by atoms with Crippen LogP contribution in [0.3, 0.4) is 0 Å². The number of aromatic amines is 1. The zero-order valence-electron chi connectivity index (χ0n) is 13.4. The molecule has 5 nitrogen and oxygen atoms in total. The van der Waals surface area contributed by atoms with Crippen molar-refractivity contribution in [3.05, 3.63) is 60.0 Å². The van der Waals surface area contributed by atoms with Crippen LogP contribution in [0.1, 0.15) is 29.9 Å². The molecule has 0 atom stereocenters. The van der Waals surface area contributed by atoms with Crippen molar-refractivity contribution in [3.63, 3.8) is 0 Å². The third-order valence-corrected chi connectivity index (χ3v) is 3.67. The first kappa shape index (κ1) is 15.2. The minimum atomic E-state index is -0.0482. The molecule has 0 radical (unpaired) electrons. The van der Waals surface area contributed by atoms with Gasteiger partial charge in [0.05, 0.1) is 5.52 Å². The van der Waals surface area contributed by atoms with Crippen molar-refractivity contribution < 1.29 is 4.79 Å². The number of H-pyrrole nitrogens is 1. The summed E-state index contributed by atoms with van der Waals surface area (Å²) in [6, 6.07) is 11.6. The molecule has 1 aromatic carbocycles. The molecule has 0 spiro atoms. The van der Waals surface area contributed by atoms with Gasteiger partial charge in [-0.25, -0.2) is 0 Å². The number of hydrogen-bond acceptors (Lipinski definition) is 3. The van der Waals surface area contributed by atoms with Gasteiger partial charge in [0.25, 0.3) is 5.91 Å². The number of amides is 1. The third kappa shape index (κ3) is 3.39. The molecule has 23 heavy (non-hydrogen) atoms. The maximum Gasteiger partial charge on any atom is 0.275 e. The molecular formula is C18H20N4O. The number of aromatic nitrogens is 3. The van der Waals surface area contributed by atoms with Crippen LogP contribution >= 0.6 is 0 Å². The van der Waals surface area contributed by atoms with Crippen molar-refractivity contribution in [2.24, 2.45) is 5.92 Å². The van der Waals surface area contributed by atoms with Gasteiger partial charge in [-0.3, -0.25) is 14.9 Å². The summed E-state index contributed by atoms with van der Waals surface area (Å²) in [7, 11) is 0. The van der Waals surface area contributed by atoms with E-state index in [0.717, 1.165) is 16.5 Å². The number of para-hydroxylation sites is 1. The summed E-state index contributed by atoms with van der Waals surface area (Å²) in [5.74, 6) is 0.332. The van der Waals surface area contributed by atoms with Crippen LogP contribution in [-0.4, -0.2) is 32.5 Å². The Hall–Kier alpha value is -2.69. The summed E-state index contributed by atoms with van der Waals surface area (Å²) in [5.41, 5.74) is 2.42. The first-order valence-corrected chi connectivity index (χ1v) is 7.76. The SMILES string of the molecule is CC(C)CN(Cc1ccncc1)C(=O)c1n[nH]c2ccccc12. The van der Waals surface area contributed by atoms with E-state index < -0.39 is 0 Å². The number of carbonyl (C=O) groups excluding carboxylic acids is 1. The zero-order valence-corrected chi connectivity index (χ0v) is 13.4. The molecule has 1 N–H and O–H groups in total. The topological polar surface area (TPSA) is 61.9 Å². The number of carbonyl (C=O) groups is 1. The smallest absolute Gasteiger partial charge is 0.275 e. The fourth-order valence-corrected chi connectivity index (χ4v) is 2.64. The predicted octanol–water partition coefficient (Wildman–Crippen LogP) is 3.26. The molecule has 1 amide bonds. The Morgan fingerprint density at radius 2 is 1.91 bits per heavy atom. The molecule has 0 fully saturated rings. The Kier molecular flexibility index (Phi) is 4.37. The van der Waals surface area contributed by atoms with Gasteiger partial charge in [-0.1, -0.05) is 32.0 Å². The van der Waals surface area contributed by atoms with Crippen molar-refractivity contribution in [3.8, 4) is 0 Å². The second kappa shape index (κ2) is 6.60. The summed E-state index contributed by atoms with van der Waals surface area (Å²) >= 11 is 0. The Bertz CT molecular complexity index is 795. The first-order chi connectivity index (χ1) is 11.1. The molecule has 0 aliphatic rings. The maximum atomic E-state index is 13.0. The van der Waals surface area contributed by atoms with E-state index >= 15 is 0 Å². The zero-order chi connectivity index (χ0) is 16.2. The predicted molar refractivity (Wildman–Crippen MR) is 89.9 cm³/mol. The van der Waals surface area contributed by atoms with Gasteiger partial charge in [0.1, 0.15) is 0 Å². The van der Waals surface area contributed by atoms with Gasteiger partial charge >= 0.3 is 0 Å². The van der Waals surface area contributed by atoms with E-state index in [1.807, 2.05) is 41.3 Å². The molecule has 2 aromatic heterocycles. The molecule has 2 heterocycles. The number of pyridine rings is 1. The summed E-state index contributed by atoms with van der Waals surface area (Å²) in [6.45, 7) is 5.45. The fraction of sp³-hybridized carbons (Fsp3) is 0.278. The second-order valence-electron chi connectivity index (χ2n) is 6.05. The first-order valence-electron chi connectivity index (χ1n) is 7.76. The molecule has 0 saturated carbocycles. The Morgan fingerprint density at radius 3 is 2.65 bits per heavy atom. The molecule has 0 aliphatic carbocycles. The average molecular weight is 308 g/mol. The lowest BCUT2D eigenvalue weighted by atomic mass is 10.1. The van der Waals surface area contributed by atoms with Gasteiger partial charge in [0, 0.05) is 30.9 Å². The number of fused-ring (bicyclic) bond motifs is 1. The lowest BCUT2D eigenvalue weighted by molar-refractivity contribution is 0.0718. The molecule has 3 rings (SSSR count). The van der Waals surface area contributed by atoms with Gasteiger partial charge < -0.3 is 4.90 Å². The maximum absolute atomic E-state index is 13.0. The lowest BCUT2D eigenvalue weighted by Gasteiger charge is -2.24. The van der Waals surface area contributed by atoms with Gasteiger partial charge in [0.2, 0.25) is 0 Å². The van der Waals surface area contributed by atoms with E-state index in [9.17, 15) is 4.79 Å². The summed E-state index contributed by atoms with van der Waals surface area (Å²) in [5, 5.41) is 8.03. The molecule has 118 valence electrons. The highest BCUT2D eigenvalue weighted by atomic mass is 16.2. The molecule has 0 saturated heterocycles. The van der Waals surface area contributed by atoms with E-state index in [1.165, 1.54) is 0 Å². The van der Waals surface area contributed by atoms with Crippen LogP contribution in [0.2, 0.25) is 0 Å². The minimum Gasteiger partial charge on any atom is -0.333 e. The highest BCUT2D eigenvalue weighted by molar-refractivity contribution is 6.04. The number of hydrogen-bond donors (Lipinski definition) is 1. The van der Waals surface area contributed by atoms with Crippen molar-refractivity contribution in [2.75, 3.05) is 6.54 Å². The minimum absolute atomic E-state index is 0.0482. The average Bonchev–Trinajstić information content (AvgIpc) is 2.98. The standard InChI is InChI=1S/C18H20N4O/c1-13(2)11-22(12-14-7-9-19-10-8-14)18(23)17-15-5-3-4-6-16(15)20-21-17/h3-10,13H,11-12H2,1-2H3,(H,20,21). The molecule has 5 heteroatoms. The second-order valence-corrected chi connectivity index (χ2v) is 6.05. The van der Waals surface area contributed by atoms with Gasteiger partial charge in [-0.2, -0.15) is 5.10 Å². The number of benzene rings is 1. The van der Waals surface area contributed by atoms with Crippen LogP contribution < -0.4 is 0 Å². The van der Waals surface area contributed by atoms with Gasteiger partial charge in [-0.05, 0) is 29.7 Å². The van der Waals surface area contributed by atoms with E-state index in [2.05, 4.69) is 29.0 Å². The van der Waals surface area contributed by atoms with Crippen LogP contribution in [0.25, 0.3) is 10.9 Å². The van der Waals surface area contributed by atoms with E-state index in [4.69, 9.17) is 0 Å². The summed E-state index contributed by atoms with van der Waals surface area (Å²) in [6.07, 6.45) is 3.49. The lowest BCUT2D eigenvalue weighted by Crippen LogP contribution is -2.34. The van der Waals surface area contributed by atoms with Crippen molar-refractivity contribution >= 4 is 16.8 Å². The van der Waals surface area contributed by atoms with Crippen LogP contribution in [0.15, 0.2) is 48.8 Å². The van der Waals surface area contributed by atoms with E-state index in [-0.39, 0.29) is 5.91 Å². The molecule has 0 bridgehead atoms. The van der Waals surface area contributed by atoms with Crippen molar-refractivity contribution in [1.29, 1.82) is 0 Å². The molecular weight excluding hydrogens is 288 g/mol. The number of rotatable bonds is 5. The van der Waals surface area contributed by atoms with Crippen LogP contribution in [-0.2, 0) is 6.54 Å². The van der Waals surface area contributed by atoms with Crippen molar-refractivity contribution in [2.45, 2.75) is 20.4 Å². The number of nitrogens with one attached hydrogen (secondary N) is 1. The Morgan fingerprint density at radius 1 is 1.17 bits per heavy atom. The monoisotopic (exact) mass is 308 g/mol. The number of nitrogens with zero attached hydrogens (tertiary/aromatic N) is 3. The van der Waals surface area contributed by atoms with Crippen LogP contribution in [0.4, 0.5) is 0 Å². The van der Waals surface area contributed by atoms with Crippen LogP contribution in [0, 0.1) is 5.92 Å². The highest BCUT2D eigenvalue weighted by Crippen LogP contribution is 2.18. The van der Waals surface area contributed by atoms with E-state index in [0.29, 0.717) is 24.7 Å². The van der Waals surface area contributed by atoms with Gasteiger partial charge in [-0.15, -0.1) is 0 Å². The Labute approximate surface area is 135 Å². The normalized spacial score (nSPS) is 11.1. The molecule has 3 aromatic rings. The van der Waals surface area contributed by atoms with Crippen molar-refractivity contribution in [1.82, 2.24) is 20.1 Å². The summed E-state index contributed by atoms with van der Waals surface area (Å²) < 4.78 is 0. The third-order valence-electron chi connectivity index (χ3n) is 3.67. The van der Waals surface area contributed by atoms with Crippen LogP contribution in [0.5, 0.6) is 0 Å². The highest BCUT2D eigenvalue weighted by Gasteiger charge is 2.21. The summed E-state index contributed by atoms with van der Waals surface area (Å²) in [4.78, 5) is 18.9. The quantitative estimate of drug-likeness (QED) is 0.787.